The first-order valence-corrected chi connectivity index (χ1v) is 12.3. The number of rotatable bonds is 6. The van der Waals surface area contributed by atoms with Crippen LogP contribution in [0.3, 0.4) is 0 Å². The van der Waals surface area contributed by atoms with Gasteiger partial charge in [0.15, 0.2) is 17.3 Å². The zero-order valence-corrected chi connectivity index (χ0v) is 21.2. The zero-order chi connectivity index (χ0) is 25.2. The van der Waals surface area contributed by atoms with Crippen LogP contribution in [0.4, 0.5) is 11.4 Å². The smallest absolute Gasteiger partial charge is 0.203 e. The quantitative estimate of drug-likeness (QED) is 0.431. The van der Waals surface area contributed by atoms with Crippen molar-refractivity contribution >= 4 is 17.2 Å². The van der Waals surface area contributed by atoms with Crippen molar-refractivity contribution in [3.63, 3.8) is 0 Å². The summed E-state index contributed by atoms with van der Waals surface area (Å²) in [6, 6.07) is 20.3. The first-order valence-electron chi connectivity index (χ1n) is 12.3. The van der Waals surface area contributed by atoms with Crippen LogP contribution in [-0.4, -0.2) is 27.1 Å². The lowest BCUT2D eigenvalue weighted by Gasteiger charge is -2.30. The van der Waals surface area contributed by atoms with Crippen LogP contribution in [0.15, 0.2) is 71.9 Å². The van der Waals surface area contributed by atoms with Gasteiger partial charge in [-0.25, -0.2) is 0 Å². The Labute approximate surface area is 212 Å². The van der Waals surface area contributed by atoms with Crippen molar-refractivity contribution in [2.75, 3.05) is 32.0 Å². The summed E-state index contributed by atoms with van der Waals surface area (Å²) in [6.45, 7) is 2.15. The van der Waals surface area contributed by atoms with Crippen LogP contribution in [0.25, 0.3) is 0 Å². The van der Waals surface area contributed by atoms with Crippen molar-refractivity contribution < 1.29 is 19.0 Å². The second kappa shape index (κ2) is 9.97. The number of anilines is 2. The van der Waals surface area contributed by atoms with Gasteiger partial charge in [0.05, 0.1) is 38.7 Å². The second-order valence-electron chi connectivity index (χ2n) is 9.22. The van der Waals surface area contributed by atoms with Gasteiger partial charge in [-0.2, -0.15) is 0 Å². The van der Waals surface area contributed by atoms with Gasteiger partial charge in [-0.05, 0) is 59.7 Å². The van der Waals surface area contributed by atoms with Crippen LogP contribution >= 0.6 is 0 Å². The van der Waals surface area contributed by atoms with E-state index in [2.05, 4.69) is 47.9 Å². The molecular formula is C30H32N2O4. The van der Waals surface area contributed by atoms with Gasteiger partial charge in [0.25, 0.3) is 0 Å². The van der Waals surface area contributed by atoms with Gasteiger partial charge in [0.2, 0.25) is 5.75 Å². The minimum absolute atomic E-state index is 0.0224. The van der Waals surface area contributed by atoms with Crippen LogP contribution < -0.4 is 24.8 Å². The van der Waals surface area contributed by atoms with Gasteiger partial charge >= 0.3 is 0 Å². The Morgan fingerprint density at radius 3 is 2.11 bits per heavy atom. The van der Waals surface area contributed by atoms with E-state index in [9.17, 15) is 4.79 Å². The van der Waals surface area contributed by atoms with Crippen molar-refractivity contribution in [1.29, 1.82) is 0 Å². The average molecular weight is 485 g/mol. The van der Waals surface area contributed by atoms with Crippen molar-refractivity contribution in [2.24, 2.45) is 0 Å². The van der Waals surface area contributed by atoms with Gasteiger partial charge in [0.1, 0.15) is 0 Å². The molecule has 36 heavy (non-hydrogen) atoms. The summed E-state index contributed by atoms with van der Waals surface area (Å²) in [6.07, 6.45) is 2.08. The van der Waals surface area contributed by atoms with E-state index in [-0.39, 0.29) is 17.7 Å². The number of Topliss-reactive ketones (excluding diaryl/α,β-unsaturated/α-hetero) is 1. The summed E-state index contributed by atoms with van der Waals surface area (Å²) in [4.78, 5) is 13.8. The van der Waals surface area contributed by atoms with E-state index >= 15 is 0 Å². The fraction of sp³-hybridized carbons (Fsp3) is 0.300. The molecule has 0 aromatic heterocycles. The fourth-order valence-corrected chi connectivity index (χ4v) is 5.26. The van der Waals surface area contributed by atoms with Crippen molar-refractivity contribution in [2.45, 2.75) is 38.1 Å². The molecule has 0 spiro atoms. The van der Waals surface area contributed by atoms with Crippen LogP contribution in [0.2, 0.25) is 0 Å². The number of fused-ring (bicyclic) bond motifs is 1. The van der Waals surface area contributed by atoms with Crippen LogP contribution in [-0.2, 0) is 11.2 Å². The van der Waals surface area contributed by atoms with E-state index in [0.717, 1.165) is 40.2 Å². The Morgan fingerprint density at radius 2 is 1.50 bits per heavy atom. The molecule has 6 heteroatoms. The number of carbonyl (C=O) groups is 1. The van der Waals surface area contributed by atoms with Gasteiger partial charge < -0.3 is 24.8 Å². The number of aryl methyl sites for hydroxylation is 1. The summed E-state index contributed by atoms with van der Waals surface area (Å²) in [7, 11) is 4.81. The Hall–Kier alpha value is -3.93. The van der Waals surface area contributed by atoms with Crippen molar-refractivity contribution in [1.82, 2.24) is 0 Å². The molecule has 2 N–H and O–H groups in total. The Bertz CT molecular complexity index is 1290. The number of methoxy groups -OCH3 is 3. The number of carbonyl (C=O) groups excluding carboxylic acids is 1. The number of allylic oxidation sites excluding steroid dienone is 1. The summed E-state index contributed by atoms with van der Waals surface area (Å²) in [5.41, 5.74) is 7.05. The van der Waals surface area contributed by atoms with Gasteiger partial charge in [0, 0.05) is 17.7 Å². The molecule has 3 aromatic rings. The molecule has 1 aliphatic carbocycles. The first-order chi connectivity index (χ1) is 17.6. The maximum atomic E-state index is 13.8. The molecule has 186 valence electrons. The largest absolute Gasteiger partial charge is 0.493 e. The van der Waals surface area contributed by atoms with Crippen molar-refractivity contribution in [3.05, 3.63) is 88.6 Å². The molecule has 1 aliphatic heterocycles. The lowest BCUT2D eigenvalue weighted by Crippen LogP contribution is -2.27. The molecule has 6 nitrogen and oxygen atoms in total. The van der Waals surface area contributed by atoms with Gasteiger partial charge in [-0.1, -0.05) is 43.3 Å². The number of ether oxygens (including phenoxy) is 3. The highest BCUT2D eigenvalue weighted by Gasteiger charge is 2.36. The normalized spacial score (nSPS) is 18.8. The minimum atomic E-state index is -0.226. The van der Waals surface area contributed by atoms with E-state index in [1.165, 1.54) is 5.56 Å². The highest BCUT2D eigenvalue weighted by Crippen LogP contribution is 2.47. The van der Waals surface area contributed by atoms with Gasteiger partial charge in [-0.15, -0.1) is 0 Å². The molecule has 1 heterocycles. The number of hydrogen-bond donors (Lipinski definition) is 2. The maximum Gasteiger partial charge on any atom is 0.203 e. The number of benzene rings is 3. The Kier molecular flexibility index (Phi) is 6.59. The zero-order valence-electron chi connectivity index (χ0n) is 21.2. The summed E-state index contributed by atoms with van der Waals surface area (Å²) in [5.74, 6) is 1.84. The molecular weight excluding hydrogens is 452 g/mol. The lowest BCUT2D eigenvalue weighted by molar-refractivity contribution is -0.116. The SMILES string of the molecule is CCc1ccc([C@@H]2Nc3ccccc3NC3=C2C(=O)C[C@H](c2cc(OC)c(OC)c(OC)c2)C3)cc1. The molecule has 0 bridgehead atoms. The summed E-state index contributed by atoms with van der Waals surface area (Å²) in [5, 5.41) is 7.25. The number of ketones is 1. The van der Waals surface area contributed by atoms with E-state index in [1.54, 1.807) is 21.3 Å². The molecule has 0 unspecified atom stereocenters. The Morgan fingerprint density at radius 1 is 0.833 bits per heavy atom. The highest BCUT2D eigenvalue weighted by atomic mass is 16.5. The summed E-state index contributed by atoms with van der Waals surface area (Å²) < 4.78 is 16.6. The molecule has 0 saturated carbocycles. The average Bonchev–Trinajstić information content (AvgIpc) is 3.09. The third-order valence-electron chi connectivity index (χ3n) is 7.19. The topological polar surface area (TPSA) is 68.8 Å². The molecule has 3 aromatic carbocycles. The molecule has 0 radical (unpaired) electrons. The highest BCUT2D eigenvalue weighted by molar-refractivity contribution is 6.01. The van der Waals surface area contributed by atoms with E-state index in [0.29, 0.717) is 30.1 Å². The van der Waals surface area contributed by atoms with Gasteiger partial charge in [-0.3, -0.25) is 4.79 Å². The van der Waals surface area contributed by atoms with Crippen molar-refractivity contribution in [3.8, 4) is 17.2 Å². The standard InChI is InChI=1S/C30H32N2O4/c1-5-18-10-12-19(13-11-18)29-28-24(31-22-8-6-7-9-23(22)32-29)14-20(15-25(28)33)21-16-26(34-2)30(36-4)27(17-21)35-3/h6-13,16-17,20,29,31-32H,5,14-15H2,1-4H3/t20-,29+/m1/s1. The number of para-hydroxylation sites is 2. The third-order valence-corrected chi connectivity index (χ3v) is 7.19. The third kappa shape index (κ3) is 4.28. The number of nitrogens with one attached hydrogen (secondary N) is 2. The first kappa shape index (κ1) is 23.8. The summed E-state index contributed by atoms with van der Waals surface area (Å²) >= 11 is 0. The van der Waals surface area contributed by atoms with Crippen LogP contribution in [0.5, 0.6) is 17.2 Å². The Balaban J connectivity index is 1.58. The van der Waals surface area contributed by atoms with Crippen LogP contribution in [0.1, 0.15) is 48.4 Å². The van der Waals surface area contributed by atoms with Crippen LogP contribution in [0, 0.1) is 0 Å². The second-order valence-corrected chi connectivity index (χ2v) is 9.22. The van der Waals surface area contributed by atoms with E-state index in [1.807, 2.05) is 30.3 Å². The minimum Gasteiger partial charge on any atom is -0.493 e. The lowest BCUT2D eigenvalue weighted by atomic mass is 9.78. The molecule has 2 atom stereocenters. The molecule has 2 aliphatic rings. The molecule has 5 rings (SSSR count). The maximum absolute atomic E-state index is 13.8. The monoisotopic (exact) mass is 484 g/mol. The molecule has 0 amide bonds. The number of hydrogen-bond acceptors (Lipinski definition) is 6. The van der Waals surface area contributed by atoms with E-state index in [4.69, 9.17) is 14.2 Å². The predicted molar refractivity (Wildman–Crippen MR) is 142 cm³/mol. The molecule has 0 saturated heterocycles. The fourth-order valence-electron chi connectivity index (χ4n) is 5.26. The van der Waals surface area contributed by atoms with E-state index < -0.39 is 0 Å². The predicted octanol–water partition coefficient (Wildman–Crippen LogP) is 6.25. The molecule has 0 fully saturated rings.